The van der Waals surface area contributed by atoms with Gasteiger partial charge in [0.15, 0.2) is 0 Å². The number of anilines is 1. The molecular weight excluding hydrogens is 240 g/mol. The Labute approximate surface area is 113 Å². The molecule has 1 saturated heterocycles. The highest BCUT2D eigenvalue weighted by Crippen LogP contribution is 2.32. The first-order valence-electron chi connectivity index (χ1n) is 6.98. The van der Waals surface area contributed by atoms with E-state index in [2.05, 4.69) is 11.4 Å². The molecule has 0 bridgehead atoms. The van der Waals surface area contributed by atoms with Crippen LogP contribution < -0.4 is 15.0 Å². The number of amides is 1. The van der Waals surface area contributed by atoms with Crippen molar-refractivity contribution in [2.75, 3.05) is 31.6 Å². The molecule has 1 aromatic rings. The first kappa shape index (κ1) is 12.5. The van der Waals surface area contributed by atoms with Gasteiger partial charge in [-0.2, -0.15) is 0 Å². The number of fused-ring (bicyclic) bond motifs is 1. The molecule has 1 aromatic carbocycles. The molecule has 1 N–H and O–H groups in total. The van der Waals surface area contributed by atoms with E-state index in [1.807, 2.05) is 17.0 Å². The standard InChI is InChI=1S/C15H20N2O2/c1-19-13-4-5-14-11(9-13)3-2-8-17(14)15(18)12-6-7-16-10-12/h4-5,9,12,16H,2-3,6-8,10H2,1H3. The van der Waals surface area contributed by atoms with Gasteiger partial charge in [-0.15, -0.1) is 0 Å². The van der Waals surface area contributed by atoms with Crippen LogP contribution in [0.5, 0.6) is 5.75 Å². The number of nitrogens with zero attached hydrogens (tertiary/aromatic N) is 1. The summed E-state index contributed by atoms with van der Waals surface area (Å²) in [6.45, 7) is 2.62. The van der Waals surface area contributed by atoms with Crippen LogP contribution in [0, 0.1) is 5.92 Å². The second-order valence-corrected chi connectivity index (χ2v) is 5.28. The first-order valence-corrected chi connectivity index (χ1v) is 6.98. The Hall–Kier alpha value is -1.55. The van der Waals surface area contributed by atoms with Crippen LogP contribution in [0.15, 0.2) is 18.2 Å². The summed E-state index contributed by atoms with van der Waals surface area (Å²) in [4.78, 5) is 14.5. The topological polar surface area (TPSA) is 41.6 Å². The lowest BCUT2D eigenvalue weighted by molar-refractivity contribution is -0.121. The molecule has 0 saturated carbocycles. The summed E-state index contributed by atoms with van der Waals surface area (Å²) in [5, 5.41) is 3.27. The predicted molar refractivity (Wildman–Crippen MR) is 74.6 cm³/mol. The molecule has 1 fully saturated rings. The second kappa shape index (κ2) is 5.21. The maximum absolute atomic E-state index is 12.6. The summed E-state index contributed by atoms with van der Waals surface area (Å²) < 4.78 is 5.26. The highest BCUT2D eigenvalue weighted by atomic mass is 16.5. The lowest BCUT2D eigenvalue weighted by Crippen LogP contribution is -2.40. The van der Waals surface area contributed by atoms with Crippen LogP contribution in [0.1, 0.15) is 18.4 Å². The zero-order valence-electron chi connectivity index (χ0n) is 11.3. The van der Waals surface area contributed by atoms with Gasteiger partial charge in [0.2, 0.25) is 5.91 Å². The predicted octanol–water partition coefficient (Wildman–Crippen LogP) is 1.58. The molecule has 4 nitrogen and oxygen atoms in total. The molecule has 3 rings (SSSR count). The number of carbonyl (C=O) groups excluding carboxylic acids is 1. The minimum absolute atomic E-state index is 0.146. The largest absolute Gasteiger partial charge is 0.497 e. The Kier molecular flexibility index (Phi) is 3.42. The number of rotatable bonds is 2. The van der Waals surface area contributed by atoms with E-state index in [9.17, 15) is 4.79 Å². The van der Waals surface area contributed by atoms with E-state index in [0.717, 1.165) is 50.3 Å². The second-order valence-electron chi connectivity index (χ2n) is 5.28. The maximum Gasteiger partial charge on any atom is 0.231 e. The zero-order valence-corrected chi connectivity index (χ0v) is 11.3. The quantitative estimate of drug-likeness (QED) is 0.878. The third kappa shape index (κ3) is 2.32. The van der Waals surface area contributed by atoms with Crippen molar-refractivity contribution in [3.05, 3.63) is 23.8 Å². The average molecular weight is 260 g/mol. The molecule has 1 atom stereocenters. The summed E-state index contributed by atoms with van der Waals surface area (Å²) in [5.41, 5.74) is 2.30. The van der Waals surface area contributed by atoms with Crippen LogP contribution in [-0.4, -0.2) is 32.7 Å². The van der Waals surface area contributed by atoms with E-state index >= 15 is 0 Å². The minimum Gasteiger partial charge on any atom is -0.497 e. The van der Waals surface area contributed by atoms with Gasteiger partial charge in [-0.05, 0) is 49.6 Å². The summed E-state index contributed by atoms with van der Waals surface area (Å²) in [6.07, 6.45) is 3.02. The van der Waals surface area contributed by atoms with Crippen LogP contribution in [0.3, 0.4) is 0 Å². The van der Waals surface area contributed by atoms with E-state index in [0.29, 0.717) is 0 Å². The number of ether oxygens (including phenoxy) is 1. The molecule has 0 aromatic heterocycles. The number of hydrogen-bond acceptors (Lipinski definition) is 3. The first-order chi connectivity index (χ1) is 9.29. The molecular formula is C15H20N2O2. The zero-order chi connectivity index (χ0) is 13.2. The molecule has 102 valence electrons. The van der Waals surface area contributed by atoms with Gasteiger partial charge in [0.05, 0.1) is 13.0 Å². The van der Waals surface area contributed by atoms with Gasteiger partial charge in [0.25, 0.3) is 0 Å². The molecule has 2 aliphatic heterocycles. The monoisotopic (exact) mass is 260 g/mol. The number of carbonyl (C=O) groups is 1. The van der Waals surface area contributed by atoms with Gasteiger partial charge in [-0.3, -0.25) is 4.79 Å². The molecule has 1 amide bonds. The van der Waals surface area contributed by atoms with E-state index in [-0.39, 0.29) is 11.8 Å². The number of hydrogen-bond donors (Lipinski definition) is 1. The van der Waals surface area contributed by atoms with Gasteiger partial charge in [0, 0.05) is 18.8 Å². The lowest BCUT2D eigenvalue weighted by Gasteiger charge is -2.31. The van der Waals surface area contributed by atoms with Crippen molar-refractivity contribution in [2.24, 2.45) is 5.92 Å². The Morgan fingerprint density at radius 2 is 2.37 bits per heavy atom. The van der Waals surface area contributed by atoms with Crippen LogP contribution in [0.25, 0.3) is 0 Å². The smallest absolute Gasteiger partial charge is 0.231 e. The number of aryl methyl sites for hydroxylation is 1. The fourth-order valence-corrected chi connectivity index (χ4v) is 3.02. The summed E-state index contributed by atoms with van der Waals surface area (Å²) in [6, 6.07) is 6.02. The third-order valence-corrected chi connectivity index (χ3v) is 4.08. The van der Waals surface area contributed by atoms with Crippen molar-refractivity contribution in [3.8, 4) is 5.75 Å². The Morgan fingerprint density at radius 1 is 1.47 bits per heavy atom. The van der Waals surface area contributed by atoms with Gasteiger partial charge < -0.3 is 15.0 Å². The van der Waals surface area contributed by atoms with Crippen molar-refractivity contribution < 1.29 is 9.53 Å². The van der Waals surface area contributed by atoms with Crippen LogP contribution in [0.2, 0.25) is 0 Å². The van der Waals surface area contributed by atoms with Crippen molar-refractivity contribution in [3.63, 3.8) is 0 Å². The van der Waals surface area contributed by atoms with Crippen molar-refractivity contribution in [1.29, 1.82) is 0 Å². The van der Waals surface area contributed by atoms with Gasteiger partial charge in [0.1, 0.15) is 5.75 Å². The van der Waals surface area contributed by atoms with Gasteiger partial charge >= 0.3 is 0 Å². The van der Waals surface area contributed by atoms with E-state index in [1.165, 1.54) is 5.56 Å². The molecule has 2 heterocycles. The van der Waals surface area contributed by atoms with E-state index in [4.69, 9.17) is 4.74 Å². The normalized spacial score (nSPS) is 22.2. The molecule has 2 aliphatic rings. The number of nitrogens with one attached hydrogen (secondary N) is 1. The molecule has 0 radical (unpaired) electrons. The Bertz CT molecular complexity index is 481. The molecule has 0 spiro atoms. The van der Waals surface area contributed by atoms with E-state index < -0.39 is 0 Å². The Morgan fingerprint density at radius 3 is 3.11 bits per heavy atom. The van der Waals surface area contributed by atoms with Crippen LogP contribution in [-0.2, 0) is 11.2 Å². The Balaban J connectivity index is 1.87. The molecule has 19 heavy (non-hydrogen) atoms. The van der Waals surface area contributed by atoms with Crippen LogP contribution in [0.4, 0.5) is 5.69 Å². The summed E-state index contributed by atoms with van der Waals surface area (Å²) in [5.74, 6) is 1.29. The number of methoxy groups -OCH3 is 1. The third-order valence-electron chi connectivity index (χ3n) is 4.08. The maximum atomic E-state index is 12.6. The van der Waals surface area contributed by atoms with Gasteiger partial charge in [-0.25, -0.2) is 0 Å². The SMILES string of the molecule is COc1ccc2c(c1)CCCN2C(=O)C1CCNC1. The molecule has 4 heteroatoms. The summed E-state index contributed by atoms with van der Waals surface area (Å²) in [7, 11) is 1.68. The minimum atomic E-state index is 0.146. The van der Waals surface area contributed by atoms with Gasteiger partial charge in [-0.1, -0.05) is 0 Å². The van der Waals surface area contributed by atoms with Crippen molar-refractivity contribution in [2.45, 2.75) is 19.3 Å². The van der Waals surface area contributed by atoms with E-state index in [1.54, 1.807) is 7.11 Å². The molecule has 1 unspecified atom stereocenters. The number of benzene rings is 1. The van der Waals surface area contributed by atoms with Crippen LogP contribution >= 0.6 is 0 Å². The highest BCUT2D eigenvalue weighted by Gasteiger charge is 2.30. The van der Waals surface area contributed by atoms with Crippen molar-refractivity contribution >= 4 is 11.6 Å². The average Bonchev–Trinajstić information content (AvgIpc) is 2.99. The lowest BCUT2D eigenvalue weighted by atomic mass is 9.98. The summed E-state index contributed by atoms with van der Waals surface area (Å²) >= 11 is 0. The van der Waals surface area contributed by atoms with Crippen molar-refractivity contribution in [1.82, 2.24) is 5.32 Å². The fraction of sp³-hybridized carbons (Fsp3) is 0.533. The highest BCUT2D eigenvalue weighted by molar-refractivity contribution is 5.96. The fourth-order valence-electron chi connectivity index (χ4n) is 3.02. The molecule has 0 aliphatic carbocycles.